The van der Waals surface area contributed by atoms with Gasteiger partial charge >= 0.3 is 0 Å². The highest BCUT2D eigenvalue weighted by Crippen LogP contribution is 2.10. The summed E-state index contributed by atoms with van der Waals surface area (Å²) in [7, 11) is 0. The fourth-order valence-electron chi connectivity index (χ4n) is 1.36. The molecule has 0 fully saturated rings. The number of hydrogen-bond donors (Lipinski definition) is 0. The van der Waals surface area contributed by atoms with Crippen LogP contribution in [0, 0.1) is 0 Å². The Morgan fingerprint density at radius 3 is 2.75 bits per heavy atom. The monoisotopic (exact) mass is 162 g/mol. The largest absolute Gasteiger partial charge is 0.262 e. The van der Waals surface area contributed by atoms with Crippen LogP contribution in [0.25, 0.3) is 10.9 Å². The van der Waals surface area contributed by atoms with Crippen LogP contribution in [-0.2, 0) is 0 Å². The van der Waals surface area contributed by atoms with Crippen LogP contribution < -0.4 is 4.74 Å². The third kappa shape index (κ3) is 0.998. The second kappa shape index (κ2) is 2.63. The number of rotatable bonds is 1. The Balaban J connectivity index is 2.70. The molecule has 0 aliphatic rings. The molecule has 0 aliphatic heterocycles. The summed E-state index contributed by atoms with van der Waals surface area (Å²) in [6.45, 7) is 4.21. The molecule has 0 spiro atoms. The Morgan fingerprint density at radius 1 is 1.25 bits per heavy atom. The minimum atomic E-state index is 0.380. The summed E-state index contributed by atoms with van der Waals surface area (Å²) >= 11 is 0. The van der Waals surface area contributed by atoms with Crippen LogP contribution in [0.4, 0.5) is 0 Å². The van der Waals surface area contributed by atoms with E-state index in [0.717, 1.165) is 10.9 Å². The van der Waals surface area contributed by atoms with Crippen LogP contribution in [0.3, 0.4) is 0 Å². The van der Waals surface area contributed by atoms with E-state index in [0.29, 0.717) is 6.04 Å². The molecule has 2 rings (SSSR count). The van der Waals surface area contributed by atoms with Crippen molar-refractivity contribution in [1.82, 2.24) is 0 Å². The molecule has 0 aliphatic carbocycles. The maximum atomic E-state index is 5.39. The first-order valence-electron chi connectivity index (χ1n) is 4.17. The van der Waals surface area contributed by atoms with E-state index in [1.54, 1.807) is 6.26 Å². The van der Waals surface area contributed by atoms with E-state index in [4.69, 9.17) is 4.52 Å². The molecule has 0 unspecified atom stereocenters. The highest BCUT2D eigenvalue weighted by atomic mass is 16.5. The summed E-state index contributed by atoms with van der Waals surface area (Å²) < 4.78 is 7.31. The molecule has 2 nitrogen and oxygen atoms in total. The Kier molecular flexibility index (Phi) is 1.61. The first kappa shape index (κ1) is 7.35. The van der Waals surface area contributed by atoms with E-state index >= 15 is 0 Å². The molecule has 0 atom stereocenters. The second-order valence-electron chi connectivity index (χ2n) is 3.20. The minimum Gasteiger partial charge on any atom is -0.243 e. The third-order valence-electron chi connectivity index (χ3n) is 1.94. The lowest BCUT2D eigenvalue weighted by atomic mass is 10.2. The van der Waals surface area contributed by atoms with Gasteiger partial charge in [0.2, 0.25) is 0 Å². The molecular formula is C10H12NO+. The summed E-state index contributed by atoms with van der Waals surface area (Å²) in [6, 6.07) is 8.54. The smallest absolute Gasteiger partial charge is 0.243 e. The lowest BCUT2D eigenvalue weighted by molar-refractivity contribution is -0.858. The van der Waals surface area contributed by atoms with Crippen molar-refractivity contribution < 1.29 is 9.26 Å². The zero-order valence-electron chi connectivity index (χ0n) is 7.32. The van der Waals surface area contributed by atoms with E-state index in [1.807, 2.05) is 16.9 Å². The van der Waals surface area contributed by atoms with Crippen molar-refractivity contribution in [3.8, 4) is 0 Å². The Bertz CT molecular complexity index is 389. The first-order valence-corrected chi connectivity index (χ1v) is 4.17. The van der Waals surface area contributed by atoms with Gasteiger partial charge in [-0.2, -0.15) is 0 Å². The highest BCUT2D eigenvalue weighted by Gasteiger charge is 2.16. The van der Waals surface area contributed by atoms with Crippen molar-refractivity contribution in [2.75, 3.05) is 0 Å². The Hall–Kier alpha value is -1.31. The zero-order valence-corrected chi connectivity index (χ0v) is 7.32. The van der Waals surface area contributed by atoms with Crippen LogP contribution >= 0.6 is 0 Å². The van der Waals surface area contributed by atoms with Crippen LogP contribution in [0.1, 0.15) is 19.9 Å². The molecule has 2 aromatic rings. The molecular weight excluding hydrogens is 150 g/mol. The van der Waals surface area contributed by atoms with Crippen molar-refractivity contribution in [3.63, 3.8) is 0 Å². The quantitative estimate of drug-likeness (QED) is 0.588. The van der Waals surface area contributed by atoms with Gasteiger partial charge in [0.05, 0.1) is 5.39 Å². The number of hydrogen-bond acceptors (Lipinski definition) is 1. The molecule has 62 valence electrons. The topological polar surface area (TPSA) is 17.0 Å². The lowest BCUT2D eigenvalue weighted by Gasteiger charge is -1.91. The van der Waals surface area contributed by atoms with Gasteiger partial charge in [0.15, 0.2) is 12.3 Å². The summed E-state index contributed by atoms with van der Waals surface area (Å²) in [6.07, 6.45) is 1.79. The van der Waals surface area contributed by atoms with Gasteiger partial charge in [0.1, 0.15) is 0 Å². The molecule has 1 aromatic heterocycles. The van der Waals surface area contributed by atoms with E-state index in [-0.39, 0.29) is 0 Å². The number of benzene rings is 1. The van der Waals surface area contributed by atoms with Crippen LogP contribution in [0.2, 0.25) is 0 Å². The average molecular weight is 162 g/mol. The van der Waals surface area contributed by atoms with Crippen LogP contribution in [-0.4, -0.2) is 0 Å². The molecule has 0 bridgehead atoms. The van der Waals surface area contributed by atoms with Gasteiger partial charge in [0.25, 0.3) is 5.52 Å². The van der Waals surface area contributed by atoms with Crippen molar-refractivity contribution >= 4 is 10.9 Å². The molecule has 1 heterocycles. The average Bonchev–Trinajstić information content (AvgIpc) is 2.47. The summed E-state index contributed by atoms with van der Waals surface area (Å²) in [5, 5.41) is 1.16. The van der Waals surface area contributed by atoms with Gasteiger partial charge in [0, 0.05) is 19.9 Å². The lowest BCUT2D eigenvalue weighted by Crippen LogP contribution is -2.33. The van der Waals surface area contributed by atoms with E-state index in [1.165, 1.54) is 0 Å². The van der Waals surface area contributed by atoms with Crippen LogP contribution in [0.5, 0.6) is 0 Å². The zero-order chi connectivity index (χ0) is 8.55. The van der Waals surface area contributed by atoms with Crippen molar-refractivity contribution in [3.05, 3.63) is 30.5 Å². The molecule has 0 N–H and O–H groups in total. The summed E-state index contributed by atoms with van der Waals surface area (Å²) in [4.78, 5) is 0. The van der Waals surface area contributed by atoms with E-state index in [2.05, 4.69) is 26.0 Å². The highest BCUT2D eigenvalue weighted by molar-refractivity contribution is 5.73. The molecule has 1 aromatic carbocycles. The Labute approximate surface area is 71.4 Å². The molecule has 0 radical (unpaired) electrons. The number of nitrogens with zero attached hydrogens (tertiary/aromatic N) is 1. The SMILES string of the molecule is CC(C)[n+]1occ2ccccc21. The summed E-state index contributed by atoms with van der Waals surface area (Å²) in [5.41, 5.74) is 1.16. The van der Waals surface area contributed by atoms with Gasteiger partial charge < -0.3 is 0 Å². The second-order valence-corrected chi connectivity index (χ2v) is 3.20. The fourth-order valence-corrected chi connectivity index (χ4v) is 1.36. The summed E-state index contributed by atoms with van der Waals surface area (Å²) in [5.74, 6) is 0. The third-order valence-corrected chi connectivity index (χ3v) is 1.94. The number of fused-ring (bicyclic) bond motifs is 1. The molecule has 12 heavy (non-hydrogen) atoms. The number of para-hydroxylation sites is 1. The maximum Gasteiger partial charge on any atom is 0.262 e. The van der Waals surface area contributed by atoms with E-state index < -0.39 is 0 Å². The molecule has 0 saturated heterocycles. The van der Waals surface area contributed by atoms with Crippen molar-refractivity contribution in [2.45, 2.75) is 19.9 Å². The van der Waals surface area contributed by atoms with Crippen molar-refractivity contribution in [1.29, 1.82) is 0 Å². The molecule has 2 heteroatoms. The van der Waals surface area contributed by atoms with Gasteiger partial charge in [-0.05, 0) is 10.8 Å². The van der Waals surface area contributed by atoms with E-state index in [9.17, 15) is 0 Å². The molecule has 0 amide bonds. The van der Waals surface area contributed by atoms with Crippen LogP contribution in [0.15, 0.2) is 35.1 Å². The Morgan fingerprint density at radius 2 is 2.00 bits per heavy atom. The number of aromatic nitrogens is 1. The van der Waals surface area contributed by atoms with Gasteiger partial charge in [-0.1, -0.05) is 12.1 Å². The normalized spacial score (nSPS) is 11.2. The maximum absolute atomic E-state index is 5.39. The van der Waals surface area contributed by atoms with Crippen molar-refractivity contribution in [2.24, 2.45) is 0 Å². The minimum absolute atomic E-state index is 0.380. The first-order chi connectivity index (χ1) is 5.79. The predicted octanol–water partition coefficient (Wildman–Crippen LogP) is 2.30. The van der Waals surface area contributed by atoms with Gasteiger partial charge in [-0.25, -0.2) is 4.52 Å². The van der Waals surface area contributed by atoms with Gasteiger partial charge in [-0.3, -0.25) is 0 Å². The standard InChI is InChI=1S/C10H12NO/c1-8(2)11-10-6-4-3-5-9(10)7-12-11/h3-8H,1-2H3/q+1. The van der Waals surface area contributed by atoms with Gasteiger partial charge in [-0.15, -0.1) is 0 Å². The molecule has 0 saturated carbocycles. The fraction of sp³-hybridized carbons (Fsp3) is 0.300. The predicted molar refractivity (Wildman–Crippen MR) is 46.8 cm³/mol.